The van der Waals surface area contributed by atoms with Crippen molar-refractivity contribution in [3.8, 4) is 0 Å². The van der Waals surface area contributed by atoms with Crippen molar-refractivity contribution >= 4 is 11.9 Å². The van der Waals surface area contributed by atoms with Gasteiger partial charge in [-0.15, -0.1) is 0 Å². The van der Waals surface area contributed by atoms with Crippen molar-refractivity contribution in [2.75, 3.05) is 13.2 Å². The van der Waals surface area contributed by atoms with E-state index in [4.69, 9.17) is 9.47 Å². The number of rotatable bonds is 7. The second-order valence-electron chi connectivity index (χ2n) is 4.44. The zero-order chi connectivity index (χ0) is 15.0. The normalized spacial score (nSPS) is 10.2. The van der Waals surface area contributed by atoms with Gasteiger partial charge in [0.15, 0.2) is 0 Å². The largest absolute Gasteiger partial charge is 0.466 e. The van der Waals surface area contributed by atoms with Crippen LogP contribution < -0.4 is 0 Å². The van der Waals surface area contributed by atoms with E-state index in [0.717, 1.165) is 18.4 Å². The number of hydrogen-bond donors (Lipinski definition) is 0. The lowest BCUT2D eigenvalue weighted by Crippen LogP contribution is -2.14. The van der Waals surface area contributed by atoms with Crippen LogP contribution in [0.5, 0.6) is 0 Å². The summed E-state index contributed by atoms with van der Waals surface area (Å²) in [6, 6.07) is 5.57. The fourth-order valence-corrected chi connectivity index (χ4v) is 1.99. The number of benzene rings is 1. The minimum Gasteiger partial charge on any atom is -0.466 e. The Labute approximate surface area is 120 Å². The van der Waals surface area contributed by atoms with Gasteiger partial charge >= 0.3 is 11.9 Å². The number of aryl methyl sites for hydroxylation is 1. The summed E-state index contributed by atoms with van der Waals surface area (Å²) in [5, 5.41) is 0. The van der Waals surface area contributed by atoms with Crippen molar-refractivity contribution < 1.29 is 19.1 Å². The van der Waals surface area contributed by atoms with Crippen LogP contribution in [0.1, 0.15) is 48.7 Å². The lowest BCUT2D eigenvalue weighted by Gasteiger charge is -2.10. The van der Waals surface area contributed by atoms with Gasteiger partial charge in [0.2, 0.25) is 0 Å². The van der Waals surface area contributed by atoms with Gasteiger partial charge in [-0.25, -0.2) is 4.79 Å². The predicted octanol–water partition coefficient (Wildman–Crippen LogP) is 2.92. The number of hydrogen-bond acceptors (Lipinski definition) is 4. The van der Waals surface area contributed by atoms with Crippen molar-refractivity contribution in [3.63, 3.8) is 0 Å². The number of carbonyl (C=O) groups excluding carboxylic acids is 2. The Kier molecular flexibility index (Phi) is 6.77. The van der Waals surface area contributed by atoms with Crippen LogP contribution in [-0.2, 0) is 27.1 Å². The Morgan fingerprint density at radius 2 is 1.75 bits per heavy atom. The third-order valence-corrected chi connectivity index (χ3v) is 2.85. The maximum atomic E-state index is 12.0. The number of ether oxygens (including phenoxy) is 2. The molecule has 0 bridgehead atoms. The molecule has 0 atom stereocenters. The van der Waals surface area contributed by atoms with Crippen LogP contribution in [0.25, 0.3) is 0 Å². The van der Waals surface area contributed by atoms with Crippen LogP contribution in [0, 0.1) is 0 Å². The van der Waals surface area contributed by atoms with Crippen molar-refractivity contribution in [2.24, 2.45) is 0 Å². The lowest BCUT2D eigenvalue weighted by molar-refractivity contribution is -0.142. The molecule has 0 spiro atoms. The lowest BCUT2D eigenvalue weighted by atomic mass is 9.99. The van der Waals surface area contributed by atoms with E-state index in [9.17, 15) is 9.59 Å². The zero-order valence-electron chi connectivity index (χ0n) is 12.4. The second-order valence-corrected chi connectivity index (χ2v) is 4.44. The molecule has 0 fully saturated rings. The van der Waals surface area contributed by atoms with E-state index in [0.29, 0.717) is 24.3 Å². The van der Waals surface area contributed by atoms with Crippen molar-refractivity contribution in [3.05, 3.63) is 34.9 Å². The molecule has 0 amide bonds. The summed E-state index contributed by atoms with van der Waals surface area (Å²) in [4.78, 5) is 23.6. The molecule has 0 N–H and O–H groups in total. The van der Waals surface area contributed by atoms with Gasteiger partial charge < -0.3 is 9.47 Å². The van der Waals surface area contributed by atoms with E-state index in [1.54, 1.807) is 13.8 Å². The molecule has 0 aromatic heterocycles. The Bertz CT molecular complexity index is 466. The molecule has 0 aliphatic rings. The molecule has 1 rings (SSSR count). The first-order valence-corrected chi connectivity index (χ1v) is 7.06. The number of carbonyl (C=O) groups is 2. The standard InChI is InChI=1S/C16H22O4/c1-4-7-12-8-9-13(11-15(17)19-5-2)14(10-12)16(18)20-6-3/h8-10H,4-7,11H2,1-3H3. The molecule has 1 aromatic rings. The number of esters is 2. The maximum absolute atomic E-state index is 12.0. The first-order valence-electron chi connectivity index (χ1n) is 7.06. The molecule has 4 nitrogen and oxygen atoms in total. The van der Waals surface area contributed by atoms with Gasteiger partial charge in [0.1, 0.15) is 0 Å². The SMILES string of the molecule is CCCc1ccc(CC(=O)OCC)c(C(=O)OCC)c1. The first-order chi connectivity index (χ1) is 9.62. The molecule has 20 heavy (non-hydrogen) atoms. The van der Waals surface area contributed by atoms with Crippen LogP contribution >= 0.6 is 0 Å². The van der Waals surface area contributed by atoms with Crippen LogP contribution in [0.4, 0.5) is 0 Å². The highest BCUT2D eigenvalue weighted by atomic mass is 16.5. The Hall–Kier alpha value is -1.84. The van der Waals surface area contributed by atoms with Crippen LogP contribution in [0.2, 0.25) is 0 Å². The molecular formula is C16H22O4. The topological polar surface area (TPSA) is 52.6 Å². The summed E-state index contributed by atoms with van der Waals surface area (Å²) in [6.45, 7) is 6.25. The van der Waals surface area contributed by atoms with Gasteiger partial charge in [0, 0.05) is 0 Å². The van der Waals surface area contributed by atoms with Gasteiger partial charge in [-0.2, -0.15) is 0 Å². The Morgan fingerprint density at radius 3 is 2.35 bits per heavy atom. The average Bonchev–Trinajstić information content (AvgIpc) is 2.41. The molecule has 0 aliphatic carbocycles. The van der Waals surface area contributed by atoms with Crippen molar-refractivity contribution in [2.45, 2.75) is 40.0 Å². The Balaban J connectivity index is 3.01. The third-order valence-electron chi connectivity index (χ3n) is 2.85. The van der Waals surface area contributed by atoms with E-state index < -0.39 is 0 Å². The molecular weight excluding hydrogens is 256 g/mol. The van der Waals surface area contributed by atoms with Crippen LogP contribution in [0.15, 0.2) is 18.2 Å². The predicted molar refractivity (Wildman–Crippen MR) is 76.7 cm³/mol. The van der Waals surface area contributed by atoms with Gasteiger partial charge in [-0.3, -0.25) is 4.79 Å². The summed E-state index contributed by atoms with van der Waals surface area (Å²) < 4.78 is 9.98. The monoisotopic (exact) mass is 278 g/mol. The summed E-state index contributed by atoms with van der Waals surface area (Å²) in [5.41, 5.74) is 2.19. The summed E-state index contributed by atoms with van der Waals surface area (Å²) >= 11 is 0. The quantitative estimate of drug-likeness (QED) is 0.720. The summed E-state index contributed by atoms with van der Waals surface area (Å²) in [6.07, 6.45) is 1.99. The van der Waals surface area contributed by atoms with Gasteiger partial charge in [0.05, 0.1) is 25.2 Å². The Morgan fingerprint density at radius 1 is 1.05 bits per heavy atom. The molecule has 4 heteroatoms. The van der Waals surface area contributed by atoms with E-state index in [-0.39, 0.29) is 18.4 Å². The molecule has 110 valence electrons. The second kappa shape index (κ2) is 8.35. The molecule has 0 unspecified atom stereocenters. The smallest absolute Gasteiger partial charge is 0.338 e. The van der Waals surface area contributed by atoms with Gasteiger partial charge in [-0.1, -0.05) is 25.5 Å². The molecule has 1 aromatic carbocycles. The summed E-state index contributed by atoms with van der Waals surface area (Å²) in [7, 11) is 0. The van der Waals surface area contributed by atoms with E-state index in [2.05, 4.69) is 6.92 Å². The van der Waals surface area contributed by atoms with Gasteiger partial charge in [0.25, 0.3) is 0 Å². The molecule has 0 heterocycles. The highest BCUT2D eigenvalue weighted by Gasteiger charge is 2.16. The fourth-order valence-electron chi connectivity index (χ4n) is 1.99. The fraction of sp³-hybridized carbons (Fsp3) is 0.500. The highest BCUT2D eigenvalue weighted by molar-refractivity contribution is 5.92. The minimum atomic E-state index is -0.384. The van der Waals surface area contributed by atoms with Crippen LogP contribution in [-0.4, -0.2) is 25.2 Å². The van der Waals surface area contributed by atoms with Crippen molar-refractivity contribution in [1.82, 2.24) is 0 Å². The minimum absolute atomic E-state index is 0.0917. The zero-order valence-corrected chi connectivity index (χ0v) is 12.4. The van der Waals surface area contributed by atoms with E-state index >= 15 is 0 Å². The third kappa shape index (κ3) is 4.68. The van der Waals surface area contributed by atoms with E-state index in [1.807, 2.05) is 18.2 Å². The van der Waals surface area contributed by atoms with Crippen LogP contribution in [0.3, 0.4) is 0 Å². The van der Waals surface area contributed by atoms with Crippen molar-refractivity contribution in [1.29, 1.82) is 0 Å². The first kappa shape index (κ1) is 16.2. The highest BCUT2D eigenvalue weighted by Crippen LogP contribution is 2.16. The molecule has 0 saturated heterocycles. The molecule has 0 aliphatic heterocycles. The molecule has 0 saturated carbocycles. The molecule has 0 radical (unpaired) electrons. The van der Waals surface area contributed by atoms with E-state index in [1.165, 1.54) is 0 Å². The summed E-state index contributed by atoms with van der Waals surface area (Å²) in [5.74, 6) is -0.717. The van der Waals surface area contributed by atoms with Gasteiger partial charge in [-0.05, 0) is 37.5 Å². The average molecular weight is 278 g/mol. The maximum Gasteiger partial charge on any atom is 0.338 e.